The SMILES string of the molecule is CN(C)C(=O)CCc1ccc(Oc2ccc(Nc3ncccc3[N+](=O)[O-])cc2)cc1.Cl.Cl. The van der Waals surface area contributed by atoms with Crippen molar-refractivity contribution in [3.05, 3.63) is 82.5 Å². The molecule has 0 atom stereocenters. The first-order valence-corrected chi connectivity index (χ1v) is 9.36. The number of aromatic nitrogens is 1. The van der Waals surface area contributed by atoms with Crippen LogP contribution in [0.2, 0.25) is 0 Å². The number of hydrogen-bond donors (Lipinski definition) is 1. The van der Waals surface area contributed by atoms with Gasteiger partial charge in [-0.15, -0.1) is 24.8 Å². The smallest absolute Gasteiger partial charge is 0.311 e. The lowest BCUT2D eigenvalue weighted by Crippen LogP contribution is -2.21. The Morgan fingerprint density at radius 2 is 1.62 bits per heavy atom. The molecular weight excluding hydrogens is 455 g/mol. The van der Waals surface area contributed by atoms with Crippen molar-refractivity contribution in [2.24, 2.45) is 0 Å². The Morgan fingerprint density at radius 1 is 1.03 bits per heavy atom. The summed E-state index contributed by atoms with van der Waals surface area (Å²) >= 11 is 0. The van der Waals surface area contributed by atoms with Gasteiger partial charge in [-0.05, 0) is 54.4 Å². The van der Waals surface area contributed by atoms with Gasteiger partial charge in [0.05, 0.1) is 4.92 Å². The van der Waals surface area contributed by atoms with E-state index in [1.165, 1.54) is 18.3 Å². The zero-order chi connectivity index (χ0) is 21.5. The standard InChI is InChI=1S/C22H22N4O4.2ClH/c1-25(2)21(27)14-7-16-5-10-18(11-6-16)30-19-12-8-17(9-13-19)24-22-20(26(28)29)4-3-15-23-22;;/h3-6,8-13,15H,7,14H2,1-2H3,(H,23,24);2*1H. The number of benzene rings is 2. The molecule has 170 valence electrons. The Hall–Kier alpha value is -3.36. The molecule has 1 amide bonds. The van der Waals surface area contributed by atoms with E-state index in [0.717, 1.165) is 5.56 Å². The van der Waals surface area contributed by atoms with Crippen molar-refractivity contribution < 1.29 is 14.5 Å². The lowest BCUT2D eigenvalue weighted by molar-refractivity contribution is -0.384. The van der Waals surface area contributed by atoms with Crippen LogP contribution in [0.4, 0.5) is 17.2 Å². The van der Waals surface area contributed by atoms with Gasteiger partial charge in [0.1, 0.15) is 11.5 Å². The van der Waals surface area contributed by atoms with E-state index in [9.17, 15) is 14.9 Å². The van der Waals surface area contributed by atoms with E-state index in [1.54, 1.807) is 43.3 Å². The van der Waals surface area contributed by atoms with Crippen molar-refractivity contribution >= 4 is 47.9 Å². The number of nitrogens with one attached hydrogen (secondary N) is 1. The summed E-state index contributed by atoms with van der Waals surface area (Å²) in [5.41, 5.74) is 1.63. The highest BCUT2D eigenvalue weighted by Crippen LogP contribution is 2.27. The Bertz CT molecular complexity index is 1030. The molecule has 0 aliphatic rings. The maximum Gasteiger partial charge on any atom is 0.311 e. The van der Waals surface area contributed by atoms with Gasteiger partial charge in [-0.2, -0.15) is 0 Å². The number of hydrogen-bond acceptors (Lipinski definition) is 6. The van der Waals surface area contributed by atoms with Gasteiger partial charge in [0.2, 0.25) is 11.7 Å². The molecule has 1 N–H and O–H groups in total. The third-order valence-corrected chi connectivity index (χ3v) is 4.39. The summed E-state index contributed by atoms with van der Waals surface area (Å²) in [7, 11) is 3.50. The topological polar surface area (TPSA) is 97.6 Å². The summed E-state index contributed by atoms with van der Waals surface area (Å²) in [5.74, 6) is 1.59. The predicted molar refractivity (Wildman–Crippen MR) is 129 cm³/mol. The van der Waals surface area contributed by atoms with E-state index in [1.807, 2.05) is 24.3 Å². The first kappa shape index (κ1) is 26.7. The van der Waals surface area contributed by atoms with Gasteiger partial charge in [0.25, 0.3) is 0 Å². The minimum atomic E-state index is -0.479. The highest BCUT2D eigenvalue weighted by Gasteiger charge is 2.14. The fraction of sp³-hybridized carbons (Fsp3) is 0.182. The van der Waals surface area contributed by atoms with Gasteiger partial charge in [0.15, 0.2) is 0 Å². The van der Waals surface area contributed by atoms with E-state index in [4.69, 9.17) is 4.74 Å². The number of nitro groups is 1. The van der Waals surface area contributed by atoms with Crippen molar-refractivity contribution in [3.8, 4) is 11.5 Å². The summed E-state index contributed by atoms with van der Waals surface area (Å²) in [4.78, 5) is 27.9. The van der Waals surface area contributed by atoms with E-state index in [0.29, 0.717) is 30.0 Å². The number of halogens is 2. The molecule has 8 nitrogen and oxygen atoms in total. The summed E-state index contributed by atoms with van der Waals surface area (Å²) in [6.45, 7) is 0. The lowest BCUT2D eigenvalue weighted by atomic mass is 10.1. The fourth-order valence-corrected chi connectivity index (χ4v) is 2.72. The molecule has 1 aromatic heterocycles. The average molecular weight is 479 g/mol. The lowest BCUT2D eigenvalue weighted by Gasteiger charge is -2.11. The van der Waals surface area contributed by atoms with Gasteiger partial charge in [-0.3, -0.25) is 14.9 Å². The third kappa shape index (κ3) is 7.40. The van der Waals surface area contributed by atoms with E-state index in [-0.39, 0.29) is 42.2 Å². The largest absolute Gasteiger partial charge is 0.457 e. The molecule has 10 heteroatoms. The number of pyridine rings is 1. The van der Waals surface area contributed by atoms with Gasteiger partial charge < -0.3 is 15.0 Å². The molecule has 0 unspecified atom stereocenters. The first-order chi connectivity index (χ1) is 14.4. The molecule has 0 aliphatic heterocycles. The number of aryl methyl sites for hydroxylation is 1. The van der Waals surface area contributed by atoms with Crippen molar-refractivity contribution in [3.63, 3.8) is 0 Å². The van der Waals surface area contributed by atoms with Crippen LogP contribution in [-0.4, -0.2) is 34.8 Å². The number of anilines is 2. The minimum absolute atomic E-state index is 0. The molecule has 0 saturated carbocycles. The van der Waals surface area contributed by atoms with Crippen LogP contribution < -0.4 is 10.1 Å². The number of nitrogens with zero attached hydrogens (tertiary/aromatic N) is 3. The van der Waals surface area contributed by atoms with Crippen molar-refractivity contribution in [2.75, 3.05) is 19.4 Å². The van der Waals surface area contributed by atoms with Crippen molar-refractivity contribution in [2.45, 2.75) is 12.8 Å². The van der Waals surface area contributed by atoms with E-state index < -0.39 is 4.92 Å². The molecule has 32 heavy (non-hydrogen) atoms. The maximum atomic E-state index is 11.7. The van der Waals surface area contributed by atoms with Crippen molar-refractivity contribution in [1.82, 2.24) is 9.88 Å². The second kappa shape index (κ2) is 12.5. The zero-order valence-corrected chi connectivity index (χ0v) is 19.2. The molecule has 1 heterocycles. The second-order valence-electron chi connectivity index (χ2n) is 6.81. The van der Waals surface area contributed by atoms with Crippen LogP contribution in [0.5, 0.6) is 11.5 Å². The van der Waals surface area contributed by atoms with Crippen LogP contribution in [0.15, 0.2) is 66.9 Å². The highest BCUT2D eigenvalue weighted by atomic mass is 35.5. The molecule has 2 aromatic carbocycles. The Labute approximate surface area is 198 Å². The Morgan fingerprint density at radius 3 is 2.19 bits per heavy atom. The Balaban J connectivity index is 0.00000256. The van der Waals surface area contributed by atoms with Crippen LogP contribution in [0.1, 0.15) is 12.0 Å². The molecule has 0 spiro atoms. The van der Waals surface area contributed by atoms with Gasteiger partial charge in [0, 0.05) is 38.5 Å². The predicted octanol–water partition coefficient (Wildman–Crippen LogP) is 5.39. The highest BCUT2D eigenvalue weighted by molar-refractivity contribution is 5.85. The zero-order valence-electron chi connectivity index (χ0n) is 17.6. The number of rotatable bonds is 8. The molecule has 0 fully saturated rings. The van der Waals surface area contributed by atoms with Crippen molar-refractivity contribution in [1.29, 1.82) is 0 Å². The maximum absolute atomic E-state index is 11.7. The number of carbonyl (C=O) groups excluding carboxylic acids is 1. The molecule has 0 saturated heterocycles. The van der Waals surface area contributed by atoms with Crippen LogP contribution in [0.25, 0.3) is 0 Å². The number of carbonyl (C=O) groups is 1. The Kier molecular flexibility index (Phi) is 10.4. The van der Waals surface area contributed by atoms with Gasteiger partial charge >= 0.3 is 5.69 Å². The molecule has 3 rings (SSSR count). The van der Waals surface area contributed by atoms with E-state index >= 15 is 0 Å². The normalized spacial score (nSPS) is 9.69. The van der Waals surface area contributed by atoms with Crippen LogP contribution >= 0.6 is 24.8 Å². The second-order valence-corrected chi connectivity index (χ2v) is 6.81. The molecule has 0 bridgehead atoms. The molecule has 0 aliphatic carbocycles. The average Bonchev–Trinajstić information content (AvgIpc) is 2.74. The fourth-order valence-electron chi connectivity index (χ4n) is 2.72. The van der Waals surface area contributed by atoms with Gasteiger partial charge in [-0.1, -0.05) is 12.1 Å². The molecule has 0 radical (unpaired) electrons. The summed E-state index contributed by atoms with van der Waals surface area (Å²) in [5, 5.41) is 14.0. The molecular formula is C22H24Cl2N4O4. The summed E-state index contributed by atoms with van der Waals surface area (Å²) in [6.07, 6.45) is 2.64. The number of amides is 1. The van der Waals surface area contributed by atoms with Crippen LogP contribution in [0, 0.1) is 10.1 Å². The summed E-state index contributed by atoms with van der Waals surface area (Å²) in [6, 6.07) is 17.6. The monoisotopic (exact) mass is 478 g/mol. The van der Waals surface area contributed by atoms with Gasteiger partial charge in [-0.25, -0.2) is 4.98 Å². The third-order valence-electron chi connectivity index (χ3n) is 4.39. The van der Waals surface area contributed by atoms with E-state index in [2.05, 4.69) is 10.3 Å². The van der Waals surface area contributed by atoms with Crippen LogP contribution in [0.3, 0.4) is 0 Å². The summed E-state index contributed by atoms with van der Waals surface area (Å²) < 4.78 is 5.84. The number of ether oxygens (including phenoxy) is 1. The molecule has 3 aromatic rings. The minimum Gasteiger partial charge on any atom is -0.457 e. The first-order valence-electron chi connectivity index (χ1n) is 9.36. The van der Waals surface area contributed by atoms with Crippen LogP contribution in [-0.2, 0) is 11.2 Å². The quantitative estimate of drug-likeness (QED) is 0.344.